The van der Waals surface area contributed by atoms with Gasteiger partial charge in [-0.15, -0.1) is 0 Å². The summed E-state index contributed by atoms with van der Waals surface area (Å²) in [6.45, 7) is 0. The number of hydrogen-bond donors (Lipinski definition) is 2. The van der Waals surface area contributed by atoms with Crippen LogP contribution >= 0.6 is 0 Å². The molecule has 1 aromatic carbocycles. The summed E-state index contributed by atoms with van der Waals surface area (Å²) in [4.78, 5) is 10.9. The molecule has 0 saturated heterocycles. The van der Waals surface area contributed by atoms with Crippen LogP contribution in [0.4, 0.5) is 0 Å². The van der Waals surface area contributed by atoms with Crippen LogP contribution in [0.5, 0.6) is 0 Å². The molecule has 0 radical (unpaired) electrons. The van der Waals surface area contributed by atoms with Crippen molar-refractivity contribution in [3.63, 3.8) is 0 Å². The molecule has 16 heavy (non-hydrogen) atoms. The molecule has 5 nitrogen and oxygen atoms in total. The van der Waals surface area contributed by atoms with E-state index in [1.54, 1.807) is 12.1 Å². The van der Waals surface area contributed by atoms with Gasteiger partial charge in [-0.05, 0) is 17.7 Å². The van der Waals surface area contributed by atoms with E-state index in [1.165, 1.54) is 12.1 Å². The summed E-state index contributed by atoms with van der Waals surface area (Å²) in [6, 6.07) is 5.61. The normalized spacial score (nSPS) is 13.4. The van der Waals surface area contributed by atoms with Crippen molar-refractivity contribution in [2.75, 3.05) is 6.26 Å². The molecule has 0 aliphatic carbocycles. The quantitative estimate of drug-likeness (QED) is 0.773. The van der Waals surface area contributed by atoms with E-state index in [-0.39, 0.29) is 11.3 Å². The second kappa shape index (κ2) is 4.63. The molecule has 1 amide bonds. The molecular weight excluding hydrogens is 228 g/mol. The Hall–Kier alpha value is -1.40. The molecule has 0 fully saturated rings. The third kappa shape index (κ3) is 3.32. The topological polar surface area (TPSA) is 103 Å². The van der Waals surface area contributed by atoms with Gasteiger partial charge in [-0.3, -0.25) is 4.79 Å². The molecule has 88 valence electrons. The lowest BCUT2D eigenvalue weighted by Crippen LogP contribution is -2.20. The molecule has 0 bridgehead atoms. The van der Waals surface area contributed by atoms with E-state index in [0.29, 0.717) is 5.56 Å². The Kier molecular flexibility index (Phi) is 3.66. The van der Waals surface area contributed by atoms with Crippen LogP contribution in [-0.2, 0) is 14.6 Å². The average molecular weight is 242 g/mol. The minimum atomic E-state index is -3.20. The number of amides is 1. The highest BCUT2D eigenvalue weighted by atomic mass is 32.2. The molecule has 4 N–H and O–H groups in total. The Balaban J connectivity index is 2.91. The molecule has 1 atom stereocenters. The predicted molar refractivity (Wildman–Crippen MR) is 60.3 cm³/mol. The van der Waals surface area contributed by atoms with Gasteiger partial charge in [0.25, 0.3) is 0 Å². The fourth-order valence-electron chi connectivity index (χ4n) is 1.30. The summed E-state index contributed by atoms with van der Waals surface area (Å²) >= 11 is 0. The van der Waals surface area contributed by atoms with Gasteiger partial charge in [0.15, 0.2) is 9.84 Å². The largest absolute Gasteiger partial charge is 0.370 e. The molecule has 0 heterocycles. The fourth-order valence-corrected chi connectivity index (χ4v) is 1.93. The predicted octanol–water partition coefficient (Wildman–Crippen LogP) is -0.0347. The SMILES string of the molecule is CS(=O)(=O)c1ccc(C(N)CC(N)=O)cc1. The molecule has 6 heteroatoms. The second-order valence-electron chi connectivity index (χ2n) is 3.62. The van der Waals surface area contributed by atoms with Gasteiger partial charge in [0, 0.05) is 18.7 Å². The minimum Gasteiger partial charge on any atom is -0.370 e. The van der Waals surface area contributed by atoms with Crippen molar-refractivity contribution in [3.05, 3.63) is 29.8 Å². The van der Waals surface area contributed by atoms with E-state index >= 15 is 0 Å². The van der Waals surface area contributed by atoms with Crippen molar-refractivity contribution >= 4 is 15.7 Å². The summed E-state index contributed by atoms with van der Waals surface area (Å²) in [7, 11) is -3.20. The Labute approximate surface area is 94.4 Å². The van der Waals surface area contributed by atoms with Crippen LogP contribution in [-0.4, -0.2) is 20.6 Å². The molecule has 0 aliphatic heterocycles. The van der Waals surface area contributed by atoms with Crippen LogP contribution in [0.3, 0.4) is 0 Å². The van der Waals surface area contributed by atoms with Gasteiger partial charge in [-0.1, -0.05) is 12.1 Å². The first-order chi connectivity index (χ1) is 7.30. The number of nitrogens with two attached hydrogens (primary N) is 2. The number of hydrogen-bond acceptors (Lipinski definition) is 4. The van der Waals surface area contributed by atoms with Crippen LogP contribution in [0, 0.1) is 0 Å². The molecule has 1 rings (SSSR count). The van der Waals surface area contributed by atoms with Gasteiger partial charge >= 0.3 is 0 Å². The summed E-state index contributed by atoms with van der Waals surface area (Å²) in [5, 5.41) is 0. The van der Waals surface area contributed by atoms with E-state index in [2.05, 4.69) is 0 Å². The second-order valence-corrected chi connectivity index (χ2v) is 5.63. The third-order valence-electron chi connectivity index (χ3n) is 2.16. The van der Waals surface area contributed by atoms with Gasteiger partial charge in [0.05, 0.1) is 4.90 Å². The maximum atomic E-state index is 11.2. The Bertz CT molecular complexity index is 479. The van der Waals surface area contributed by atoms with Crippen molar-refractivity contribution in [2.45, 2.75) is 17.4 Å². The monoisotopic (exact) mass is 242 g/mol. The number of rotatable bonds is 4. The number of benzene rings is 1. The number of carbonyl (C=O) groups excluding carboxylic acids is 1. The first-order valence-corrected chi connectivity index (χ1v) is 6.54. The third-order valence-corrected chi connectivity index (χ3v) is 3.29. The zero-order valence-electron chi connectivity index (χ0n) is 8.88. The Morgan fingerprint density at radius 3 is 2.19 bits per heavy atom. The molecule has 0 saturated carbocycles. The lowest BCUT2D eigenvalue weighted by atomic mass is 10.0. The number of primary amides is 1. The molecule has 0 aliphatic rings. The maximum absolute atomic E-state index is 11.2. The fraction of sp³-hybridized carbons (Fsp3) is 0.300. The minimum absolute atomic E-state index is 0.0399. The van der Waals surface area contributed by atoms with Crippen molar-refractivity contribution < 1.29 is 13.2 Å². The Morgan fingerprint density at radius 2 is 1.81 bits per heavy atom. The summed E-state index contributed by atoms with van der Waals surface area (Å²) in [5.41, 5.74) is 11.4. The van der Waals surface area contributed by atoms with Crippen molar-refractivity contribution in [2.24, 2.45) is 11.5 Å². The standard InChI is InChI=1S/C10H14N2O3S/c1-16(14,15)8-4-2-7(3-5-8)9(11)6-10(12)13/h2-5,9H,6,11H2,1H3,(H2,12,13). The van der Waals surface area contributed by atoms with E-state index < -0.39 is 21.8 Å². The average Bonchev–Trinajstić information content (AvgIpc) is 2.15. The molecule has 0 spiro atoms. The molecular formula is C10H14N2O3S. The van der Waals surface area contributed by atoms with Crippen LogP contribution in [0.25, 0.3) is 0 Å². The lowest BCUT2D eigenvalue weighted by Gasteiger charge is -2.10. The highest BCUT2D eigenvalue weighted by molar-refractivity contribution is 7.90. The first kappa shape index (κ1) is 12.7. The van der Waals surface area contributed by atoms with E-state index in [9.17, 15) is 13.2 Å². The van der Waals surface area contributed by atoms with Crippen LogP contribution in [0.15, 0.2) is 29.2 Å². The van der Waals surface area contributed by atoms with E-state index in [1.807, 2.05) is 0 Å². The molecule has 1 aromatic rings. The first-order valence-electron chi connectivity index (χ1n) is 4.64. The van der Waals surface area contributed by atoms with Crippen LogP contribution in [0.1, 0.15) is 18.0 Å². The summed E-state index contributed by atoms with van der Waals surface area (Å²) in [5.74, 6) is -0.486. The highest BCUT2D eigenvalue weighted by Crippen LogP contribution is 2.16. The summed E-state index contributed by atoms with van der Waals surface area (Å²) < 4.78 is 22.4. The highest BCUT2D eigenvalue weighted by Gasteiger charge is 2.11. The molecule has 1 unspecified atom stereocenters. The van der Waals surface area contributed by atoms with E-state index in [0.717, 1.165) is 6.26 Å². The zero-order chi connectivity index (χ0) is 12.3. The maximum Gasteiger partial charge on any atom is 0.219 e. The smallest absolute Gasteiger partial charge is 0.219 e. The van der Waals surface area contributed by atoms with Gasteiger partial charge in [0.1, 0.15) is 0 Å². The number of sulfone groups is 1. The van der Waals surface area contributed by atoms with Gasteiger partial charge in [-0.2, -0.15) is 0 Å². The number of carbonyl (C=O) groups is 1. The molecule has 0 aromatic heterocycles. The van der Waals surface area contributed by atoms with Gasteiger partial charge in [-0.25, -0.2) is 8.42 Å². The lowest BCUT2D eigenvalue weighted by molar-refractivity contribution is -0.118. The van der Waals surface area contributed by atoms with Crippen molar-refractivity contribution in [1.29, 1.82) is 0 Å². The van der Waals surface area contributed by atoms with Gasteiger partial charge in [0.2, 0.25) is 5.91 Å². The Morgan fingerprint density at radius 1 is 1.31 bits per heavy atom. The van der Waals surface area contributed by atoms with E-state index in [4.69, 9.17) is 11.5 Å². The van der Waals surface area contributed by atoms with Crippen molar-refractivity contribution in [1.82, 2.24) is 0 Å². The van der Waals surface area contributed by atoms with Crippen molar-refractivity contribution in [3.8, 4) is 0 Å². The zero-order valence-corrected chi connectivity index (χ0v) is 9.70. The van der Waals surface area contributed by atoms with Crippen LogP contribution < -0.4 is 11.5 Å². The summed E-state index contributed by atoms with van der Waals surface area (Å²) in [6.07, 6.45) is 1.17. The van der Waals surface area contributed by atoms with Crippen LogP contribution in [0.2, 0.25) is 0 Å². The van der Waals surface area contributed by atoms with Gasteiger partial charge < -0.3 is 11.5 Å².